The highest BCUT2D eigenvalue weighted by Gasteiger charge is 2.23. The molecule has 0 saturated carbocycles. The number of hydrogen-bond donors (Lipinski definition) is 2. The smallest absolute Gasteiger partial charge is 0.306 e. The molecular weight excluding hydrogens is 288 g/mol. The Kier molecular flexibility index (Phi) is 11.6. The molecule has 138 valence electrons. The van der Waals surface area contributed by atoms with Crippen molar-refractivity contribution in [3.8, 4) is 0 Å². The van der Waals surface area contributed by atoms with E-state index in [4.69, 9.17) is 5.11 Å². The summed E-state index contributed by atoms with van der Waals surface area (Å²) in [5.41, 5.74) is -1.06. The van der Waals surface area contributed by atoms with Crippen LogP contribution in [0.15, 0.2) is 0 Å². The van der Waals surface area contributed by atoms with Gasteiger partial charge in [0.05, 0.1) is 12.0 Å². The van der Waals surface area contributed by atoms with Crippen LogP contribution in [0.3, 0.4) is 0 Å². The standard InChI is InChI=1S/C20H40O3/c1-16(2)9-6-10-17(3)11-7-12-18(4)13-8-14-20(5,23)15-19(21)22/h16-18,23H,6-15H2,1-5H3,(H,21,22)/t17-,18-,20-/m1/s1. The fourth-order valence-electron chi connectivity index (χ4n) is 3.22. The van der Waals surface area contributed by atoms with E-state index < -0.39 is 11.6 Å². The third kappa shape index (κ3) is 14.7. The lowest BCUT2D eigenvalue weighted by Crippen LogP contribution is -2.27. The Morgan fingerprint density at radius 1 is 0.870 bits per heavy atom. The quantitative estimate of drug-likeness (QED) is 0.433. The summed E-state index contributed by atoms with van der Waals surface area (Å²) in [5, 5.41) is 18.7. The summed E-state index contributed by atoms with van der Waals surface area (Å²) in [6.07, 6.45) is 10.3. The van der Waals surface area contributed by atoms with Crippen molar-refractivity contribution in [1.82, 2.24) is 0 Å². The highest BCUT2D eigenvalue weighted by Crippen LogP contribution is 2.24. The number of aliphatic hydroxyl groups is 1. The first-order valence-electron chi connectivity index (χ1n) is 9.56. The van der Waals surface area contributed by atoms with Crippen LogP contribution in [0.1, 0.15) is 98.8 Å². The van der Waals surface area contributed by atoms with Gasteiger partial charge in [-0.25, -0.2) is 0 Å². The number of aliphatic carboxylic acids is 1. The summed E-state index contributed by atoms with van der Waals surface area (Å²) in [5.74, 6) is 1.39. The monoisotopic (exact) mass is 328 g/mol. The number of carboxylic acids is 1. The van der Waals surface area contributed by atoms with Crippen LogP contribution in [0, 0.1) is 17.8 Å². The zero-order valence-electron chi connectivity index (χ0n) is 16.1. The summed E-state index contributed by atoms with van der Waals surface area (Å²) in [6.45, 7) is 10.9. The van der Waals surface area contributed by atoms with Gasteiger partial charge in [0.25, 0.3) is 0 Å². The molecule has 0 rings (SSSR count). The van der Waals surface area contributed by atoms with Crippen LogP contribution < -0.4 is 0 Å². The summed E-state index contributed by atoms with van der Waals surface area (Å²) < 4.78 is 0. The maximum Gasteiger partial charge on any atom is 0.306 e. The first kappa shape index (κ1) is 22.4. The molecule has 0 saturated heterocycles. The summed E-state index contributed by atoms with van der Waals surface area (Å²) in [7, 11) is 0. The van der Waals surface area contributed by atoms with Gasteiger partial charge in [0.15, 0.2) is 0 Å². The molecule has 3 heteroatoms. The van der Waals surface area contributed by atoms with Gasteiger partial charge < -0.3 is 10.2 Å². The van der Waals surface area contributed by atoms with Crippen molar-refractivity contribution < 1.29 is 15.0 Å². The molecule has 0 aromatic heterocycles. The molecule has 0 aromatic rings. The van der Waals surface area contributed by atoms with Crippen molar-refractivity contribution in [3.05, 3.63) is 0 Å². The molecule has 0 radical (unpaired) electrons. The van der Waals surface area contributed by atoms with Gasteiger partial charge in [-0.05, 0) is 31.1 Å². The Morgan fingerprint density at radius 3 is 1.74 bits per heavy atom. The van der Waals surface area contributed by atoms with Gasteiger partial charge in [-0.2, -0.15) is 0 Å². The molecule has 0 fully saturated rings. The van der Waals surface area contributed by atoms with Gasteiger partial charge >= 0.3 is 5.97 Å². The molecule has 0 aliphatic carbocycles. The molecule has 3 nitrogen and oxygen atoms in total. The molecule has 0 bridgehead atoms. The summed E-state index contributed by atoms with van der Waals surface area (Å²) in [4.78, 5) is 10.7. The number of carbonyl (C=O) groups is 1. The Hall–Kier alpha value is -0.570. The fraction of sp³-hybridized carbons (Fsp3) is 0.950. The van der Waals surface area contributed by atoms with E-state index in [-0.39, 0.29) is 6.42 Å². The van der Waals surface area contributed by atoms with Crippen LogP contribution >= 0.6 is 0 Å². The summed E-state index contributed by atoms with van der Waals surface area (Å²) >= 11 is 0. The molecule has 0 aliphatic rings. The van der Waals surface area contributed by atoms with Crippen molar-refractivity contribution in [1.29, 1.82) is 0 Å². The van der Waals surface area contributed by atoms with Crippen LogP contribution in [0.4, 0.5) is 0 Å². The minimum absolute atomic E-state index is 0.157. The highest BCUT2D eigenvalue weighted by atomic mass is 16.4. The molecule has 0 amide bonds. The molecule has 0 unspecified atom stereocenters. The highest BCUT2D eigenvalue weighted by molar-refractivity contribution is 5.67. The van der Waals surface area contributed by atoms with Gasteiger partial charge in [-0.1, -0.05) is 79.1 Å². The van der Waals surface area contributed by atoms with Crippen molar-refractivity contribution in [2.24, 2.45) is 17.8 Å². The third-order valence-electron chi connectivity index (χ3n) is 4.82. The second kappa shape index (κ2) is 11.9. The Labute approximate surface area is 143 Å². The molecule has 3 atom stereocenters. The number of rotatable bonds is 14. The van der Waals surface area contributed by atoms with E-state index in [0.29, 0.717) is 12.3 Å². The Balaban J connectivity index is 3.67. The summed E-state index contributed by atoms with van der Waals surface area (Å²) in [6, 6.07) is 0. The first-order chi connectivity index (χ1) is 10.6. The van der Waals surface area contributed by atoms with Gasteiger partial charge in [0, 0.05) is 0 Å². The number of hydrogen-bond acceptors (Lipinski definition) is 2. The predicted molar refractivity (Wildman–Crippen MR) is 97.6 cm³/mol. The van der Waals surface area contributed by atoms with E-state index in [1.165, 1.54) is 38.5 Å². The van der Waals surface area contributed by atoms with Crippen LogP contribution in [0.25, 0.3) is 0 Å². The van der Waals surface area contributed by atoms with Gasteiger partial charge in [0.2, 0.25) is 0 Å². The SMILES string of the molecule is CC(C)CCC[C@@H](C)CCC[C@@H](C)CCC[C@@](C)(O)CC(=O)O. The van der Waals surface area contributed by atoms with Crippen LogP contribution in [-0.2, 0) is 4.79 Å². The van der Waals surface area contributed by atoms with Crippen molar-refractivity contribution in [2.45, 2.75) is 104 Å². The Bertz CT molecular complexity index is 310. The van der Waals surface area contributed by atoms with Crippen molar-refractivity contribution in [2.75, 3.05) is 0 Å². The van der Waals surface area contributed by atoms with E-state index in [9.17, 15) is 9.90 Å². The van der Waals surface area contributed by atoms with Gasteiger partial charge in [-0.3, -0.25) is 4.79 Å². The topological polar surface area (TPSA) is 57.5 Å². The third-order valence-corrected chi connectivity index (χ3v) is 4.82. The van der Waals surface area contributed by atoms with E-state index >= 15 is 0 Å². The number of carboxylic acid groups (broad SMARTS) is 1. The predicted octanol–water partition coefficient (Wildman–Crippen LogP) is 5.65. The molecule has 0 aliphatic heterocycles. The largest absolute Gasteiger partial charge is 0.481 e. The molecular formula is C20H40O3. The Morgan fingerprint density at radius 2 is 1.30 bits per heavy atom. The van der Waals surface area contributed by atoms with E-state index in [2.05, 4.69) is 27.7 Å². The fourth-order valence-corrected chi connectivity index (χ4v) is 3.22. The maximum absolute atomic E-state index is 10.7. The lowest BCUT2D eigenvalue weighted by atomic mass is 9.89. The van der Waals surface area contributed by atoms with Gasteiger partial charge in [-0.15, -0.1) is 0 Å². The zero-order valence-corrected chi connectivity index (χ0v) is 16.1. The average molecular weight is 329 g/mol. The molecule has 0 heterocycles. The van der Waals surface area contributed by atoms with E-state index in [0.717, 1.165) is 24.7 Å². The molecule has 0 spiro atoms. The molecule has 23 heavy (non-hydrogen) atoms. The first-order valence-corrected chi connectivity index (χ1v) is 9.56. The molecule has 2 N–H and O–H groups in total. The minimum atomic E-state index is -1.06. The van der Waals surface area contributed by atoms with Gasteiger partial charge in [0.1, 0.15) is 0 Å². The van der Waals surface area contributed by atoms with E-state index in [1.54, 1.807) is 6.92 Å². The van der Waals surface area contributed by atoms with E-state index in [1.807, 2.05) is 0 Å². The van der Waals surface area contributed by atoms with Crippen LogP contribution in [-0.4, -0.2) is 21.8 Å². The van der Waals surface area contributed by atoms with Crippen LogP contribution in [0.2, 0.25) is 0 Å². The zero-order chi connectivity index (χ0) is 17.9. The van der Waals surface area contributed by atoms with Crippen molar-refractivity contribution >= 4 is 5.97 Å². The second-order valence-corrected chi connectivity index (χ2v) is 8.43. The minimum Gasteiger partial charge on any atom is -0.481 e. The van der Waals surface area contributed by atoms with Crippen LogP contribution in [0.5, 0.6) is 0 Å². The lowest BCUT2D eigenvalue weighted by molar-refractivity contribution is -0.142. The second-order valence-electron chi connectivity index (χ2n) is 8.43. The maximum atomic E-state index is 10.7. The average Bonchev–Trinajstić information content (AvgIpc) is 2.36. The van der Waals surface area contributed by atoms with Crippen molar-refractivity contribution in [3.63, 3.8) is 0 Å². The normalized spacial score (nSPS) is 17.0. The lowest BCUT2D eigenvalue weighted by Gasteiger charge is -2.22. The molecule has 0 aromatic carbocycles.